The predicted octanol–water partition coefficient (Wildman–Crippen LogP) is 2.01. The van der Waals surface area contributed by atoms with Crippen molar-refractivity contribution >= 4 is 23.2 Å². The first-order valence-corrected chi connectivity index (χ1v) is 6.44. The molecule has 21 heavy (non-hydrogen) atoms. The number of nitrogens with zero attached hydrogens (tertiary/aromatic N) is 3. The van der Waals surface area contributed by atoms with Gasteiger partial charge >= 0.3 is 0 Å². The Hall–Kier alpha value is -2.54. The van der Waals surface area contributed by atoms with E-state index in [0.29, 0.717) is 13.0 Å². The third-order valence-electron chi connectivity index (χ3n) is 2.67. The third kappa shape index (κ3) is 3.96. The molecule has 0 aliphatic carbocycles. The van der Waals surface area contributed by atoms with Gasteiger partial charge in [0, 0.05) is 30.9 Å². The number of pyridine rings is 2. The van der Waals surface area contributed by atoms with E-state index < -0.39 is 10.8 Å². The molecule has 0 bridgehead atoms. The highest BCUT2D eigenvalue weighted by Gasteiger charge is 2.16. The fourth-order valence-corrected chi connectivity index (χ4v) is 1.83. The summed E-state index contributed by atoms with van der Waals surface area (Å²) in [6.07, 6.45) is 3.22. The molecule has 108 valence electrons. The summed E-state index contributed by atoms with van der Waals surface area (Å²) in [6, 6.07) is 6.60. The Kier molecular flexibility index (Phi) is 4.78. The first-order chi connectivity index (χ1) is 10.1. The van der Waals surface area contributed by atoms with Crippen LogP contribution in [-0.4, -0.2) is 27.3 Å². The largest absolute Gasteiger partial charge is 0.352 e. The average Bonchev–Trinajstić information content (AvgIpc) is 2.48. The Morgan fingerprint density at radius 2 is 2.19 bits per heavy atom. The molecule has 2 aromatic heterocycles. The molecule has 0 unspecified atom stereocenters. The maximum atomic E-state index is 12.0. The van der Waals surface area contributed by atoms with Crippen LogP contribution >= 0.6 is 11.6 Å². The topological polar surface area (TPSA) is 98.0 Å². The van der Waals surface area contributed by atoms with Gasteiger partial charge in [-0.05, 0) is 12.1 Å². The molecular weight excluding hydrogens is 296 g/mol. The van der Waals surface area contributed by atoms with Gasteiger partial charge in [-0.1, -0.05) is 17.7 Å². The van der Waals surface area contributed by atoms with E-state index in [0.717, 1.165) is 18.0 Å². The predicted molar refractivity (Wildman–Crippen MR) is 76.2 cm³/mol. The molecule has 0 aromatic carbocycles. The van der Waals surface area contributed by atoms with Crippen molar-refractivity contribution in [2.24, 2.45) is 0 Å². The van der Waals surface area contributed by atoms with E-state index in [1.807, 2.05) is 12.1 Å². The quantitative estimate of drug-likeness (QED) is 0.517. The first kappa shape index (κ1) is 14.9. The van der Waals surface area contributed by atoms with Gasteiger partial charge in [-0.3, -0.25) is 19.9 Å². The van der Waals surface area contributed by atoms with Gasteiger partial charge in [0.15, 0.2) is 0 Å². The number of carbonyl (C=O) groups is 1. The van der Waals surface area contributed by atoms with E-state index >= 15 is 0 Å². The maximum absolute atomic E-state index is 12.0. The monoisotopic (exact) mass is 306 g/mol. The number of nitro groups is 1. The molecule has 0 saturated heterocycles. The molecule has 0 radical (unpaired) electrons. The van der Waals surface area contributed by atoms with Crippen LogP contribution in [0.25, 0.3) is 0 Å². The minimum Gasteiger partial charge on any atom is -0.352 e. The summed E-state index contributed by atoms with van der Waals surface area (Å²) >= 11 is 5.78. The lowest BCUT2D eigenvalue weighted by atomic mass is 10.2. The summed E-state index contributed by atoms with van der Waals surface area (Å²) in [7, 11) is 0. The summed E-state index contributed by atoms with van der Waals surface area (Å²) in [6.45, 7) is 0.342. The van der Waals surface area contributed by atoms with Gasteiger partial charge in [0.05, 0.1) is 10.5 Å². The zero-order valence-corrected chi connectivity index (χ0v) is 11.6. The molecule has 0 atom stereocenters. The third-order valence-corrected chi connectivity index (χ3v) is 2.97. The summed E-state index contributed by atoms with van der Waals surface area (Å²) in [4.78, 5) is 29.8. The molecule has 0 aliphatic heterocycles. The summed E-state index contributed by atoms with van der Waals surface area (Å²) in [5, 5.41) is 13.2. The number of halogens is 1. The number of hydrogen-bond donors (Lipinski definition) is 1. The standard InChI is InChI=1S/C13H11ClN4O3/c14-12-11(7-10(8-17-12)18(20)21)13(19)16-6-4-9-3-1-2-5-15-9/h1-3,5,7-8H,4,6H2,(H,16,19). The van der Waals surface area contributed by atoms with E-state index in [4.69, 9.17) is 11.6 Å². The molecule has 1 amide bonds. The molecule has 0 fully saturated rings. The second-order valence-corrected chi connectivity index (χ2v) is 4.47. The SMILES string of the molecule is O=C(NCCc1ccccn1)c1cc([N+](=O)[O-])cnc1Cl. The van der Waals surface area contributed by atoms with Gasteiger partial charge < -0.3 is 5.32 Å². The number of amides is 1. The van der Waals surface area contributed by atoms with Crippen LogP contribution in [0.5, 0.6) is 0 Å². The molecule has 0 saturated carbocycles. The van der Waals surface area contributed by atoms with Crippen molar-refractivity contribution < 1.29 is 9.72 Å². The first-order valence-electron chi connectivity index (χ1n) is 6.06. The minimum atomic E-state index is -0.631. The van der Waals surface area contributed by atoms with Gasteiger partial charge in [0.1, 0.15) is 11.3 Å². The van der Waals surface area contributed by atoms with E-state index in [9.17, 15) is 14.9 Å². The molecule has 1 N–H and O–H groups in total. The van der Waals surface area contributed by atoms with E-state index in [2.05, 4.69) is 15.3 Å². The van der Waals surface area contributed by atoms with Crippen LogP contribution in [0.1, 0.15) is 16.1 Å². The highest BCUT2D eigenvalue weighted by Crippen LogP contribution is 2.18. The van der Waals surface area contributed by atoms with Crippen molar-refractivity contribution in [3.8, 4) is 0 Å². The number of hydrogen-bond acceptors (Lipinski definition) is 5. The van der Waals surface area contributed by atoms with Crippen molar-refractivity contribution in [1.29, 1.82) is 0 Å². The maximum Gasteiger partial charge on any atom is 0.288 e. The molecule has 2 rings (SSSR count). The van der Waals surface area contributed by atoms with Crippen LogP contribution in [0.4, 0.5) is 5.69 Å². The van der Waals surface area contributed by atoms with Gasteiger partial charge in [0.25, 0.3) is 11.6 Å². The summed E-state index contributed by atoms with van der Waals surface area (Å²) in [5.41, 5.74) is 0.530. The lowest BCUT2D eigenvalue weighted by Crippen LogP contribution is -2.26. The van der Waals surface area contributed by atoms with Crippen LogP contribution in [-0.2, 0) is 6.42 Å². The van der Waals surface area contributed by atoms with Crippen molar-refractivity contribution in [3.05, 3.63) is 63.2 Å². The lowest BCUT2D eigenvalue weighted by Gasteiger charge is -2.06. The lowest BCUT2D eigenvalue weighted by molar-refractivity contribution is -0.385. The van der Waals surface area contributed by atoms with Crippen molar-refractivity contribution in [2.45, 2.75) is 6.42 Å². The van der Waals surface area contributed by atoms with Gasteiger partial charge in [-0.2, -0.15) is 0 Å². The molecule has 2 aromatic rings. The number of carbonyl (C=O) groups excluding carboxylic acids is 1. The molecule has 0 spiro atoms. The fourth-order valence-electron chi connectivity index (χ4n) is 1.64. The van der Waals surface area contributed by atoms with Crippen LogP contribution < -0.4 is 5.32 Å². The van der Waals surface area contributed by atoms with Crippen molar-refractivity contribution in [2.75, 3.05) is 6.54 Å². The Balaban J connectivity index is 2.00. The smallest absolute Gasteiger partial charge is 0.288 e. The van der Waals surface area contributed by atoms with Crippen LogP contribution in [0.15, 0.2) is 36.7 Å². The van der Waals surface area contributed by atoms with E-state index in [-0.39, 0.29) is 16.4 Å². The number of aromatic nitrogens is 2. The Bertz CT molecular complexity index is 664. The van der Waals surface area contributed by atoms with Gasteiger partial charge in [0.2, 0.25) is 0 Å². The second-order valence-electron chi connectivity index (χ2n) is 4.12. The summed E-state index contributed by atoms with van der Waals surface area (Å²) < 4.78 is 0. The zero-order chi connectivity index (χ0) is 15.2. The Morgan fingerprint density at radius 1 is 1.38 bits per heavy atom. The molecule has 2 heterocycles. The normalized spacial score (nSPS) is 10.1. The zero-order valence-electron chi connectivity index (χ0n) is 10.8. The molecule has 7 nitrogen and oxygen atoms in total. The minimum absolute atomic E-state index is 0.0214. The molecule has 8 heteroatoms. The molecule has 0 aliphatic rings. The van der Waals surface area contributed by atoms with Crippen LogP contribution in [0.3, 0.4) is 0 Å². The van der Waals surface area contributed by atoms with Crippen LogP contribution in [0.2, 0.25) is 5.15 Å². The second kappa shape index (κ2) is 6.76. The van der Waals surface area contributed by atoms with E-state index in [1.165, 1.54) is 0 Å². The van der Waals surface area contributed by atoms with Crippen LogP contribution in [0, 0.1) is 10.1 Å². The number of nitrogens with one attached hydrogen (secondary N) is 1. The highest BCUT2D eigenvalue weighted by molar-refractivity contribution is 6.32. The average molecular weight is 307 g/mol. The van der Waals surface area contributed by atoms with Gasteiger partial charge in [-0.25, -0.2) is 4.98 Å². The fraction of sp³-hybridized carbons (Fsp3) is 0.154. The van der Waals surface area contributed by atoms with Crippen molar-refractivity contribution in [1.82, 2.24) is 15.3 Å². The molecular formula is C13H11ClN4O3. The van der Waals surface area contributed by atoms with Crippen molar-refractivity contribution in [3.63, 3.8) is 0 Å². The summed E-state index contributed by atoms with van der Waals surface area (Å²) in [5.74, 6) is -0.507. The number of rotatable bonds is 5. The highest BCUT2D eigenvalue weighted by atomic mass is 35.5. The Morgan fingerprint density at radius 3 is 2.86 bits per heavy atom. The van der Waals surface area contributed by atoms with Gasteiger partial charge in [-0.15, -0.1) is 0 Å². The van der Waals surface area contributed by atoms with E-state index in [1.54, 1.807) is 12.3 Å². The Labute approximate surface area is 125 Å².